The number of thiophene rings is 1. The Morgan fingerprint density at radius 3 is 2.81 bits per heavy atom. The van der Waals surface area contributed by atoms with Crippen LogP contribution in [0.15, 0.2) is 22.7 Å². The first-order chi connectivity index (χ1) is 7.77. The molecule has 5 heteroatoms. The fourth-order valence-electron chi connectivity index (χ4n) is 1.72. The quantitative estimate of drug-likeness (QED) is 0.648. The molecule has 1 aliphatic carbocycles. The molecule has 0 radical (unpaired) electrons. The van der Waals surface area contributed by atoms with Gasteiger partial charge in [-0.2, -0.15) is 0 Å². The Morgan fingerprint density at radius 2 is 2.25 bits per heavy atom. The van der Waals surface area contributed by atoms with Crippen LogP contribution in [0.4, 0.5) is 0 Å². The minimum Gasteiger partial charge on any atom is -0.476 e. The van der Waals surface area contributed by atoms with Crippen LogP contribution >= 0.6 is 11.3 Å². The number of oxime groups is 1. The van der Waals surface area contributed by atoms with Crippen LogP contribution < -0.4 is 0 Å². The summed E-state index contributed by atoms with van der Waals surface area (Å²) in [6.45, 7) is 0. The molecule has 0 aliphatic heterocycles. The van der Waals surface area contributed by atoms with E-state index in [1.54, 1.807) is 12.1 Å². The van der Waals surface area contributed by atoms with Gasteiger partial charge in [0, 0.05) is 0 Å². The van der Waals surface area contributed by atoms with Crippen LogP contribution in [-0.2, 0) is 9.63 Å². The first-order valence-electron chi connectivity index (χ1n) is 5.28. The van der Waals surface area contributed by atoms with Gasteiger partial charge in [-0.3, -0.25) is 0 Å². The normalized spacial score (nSPS) is 17.6. The first-order valence-corrected chi connectivity index (χ1v) is 6.16. The van der Waals surface area contributed by atoms with Gasteiger partial charge in [-0.15, -0.1) is 11.3 Å². The summed E-state index contributed by atoms with van der Waals surface area (Å²) in [7, 11) is 0. The summed E-state index contributed by atoms with van der Waals surface area (Å²) in [5.74, 6) is -1.04. The number of rotatable bonds is 4. The molecule has 86 valence electrons. The van der Waals surface area contributed by atoms with Gasteiger partial charge in [0.05, 0.1) is 4.88 Å². The molecular formula is C11H13NO3S. The van der Waals surface area contributed by atoms with Crippen molar-refractivity contribution in [3.63, 3.8) is 0 Å². The van der Waals surface area contributed by atoms with Crippen LogP contribution in [0.1, 0.15) is 30.6 Å². The van der Waals surface area contributed by atoms with E-state index in [0.717, 1.165) is 25.7 Å². The number of hydrogen-bond acceptors (Lipinski definition) is 4. The number of carboxylic acid groups (broad SMARTS) is 1. The van der Waals surface area contributed by atoms with Gasteiger partial charge in [-0.25, -0.2) is 4.79 Å². The Hall–Kier alpha value is -1.36. The van der Waals surface area contributed by atoms with E-state index in [4.69, 9.17) is 9.94 Å². The molecule has 0 amide bonds. The molecular weight excluding hydrogens is 226 g/mol. The van der Waals surface area contributed by atoms with Crippen molar-refractivity contribution < 1.29 is 14.7 Å². The fraction of sp³-hybridized carbons (Fsp3) is 0.455. The van der Waals surface area contributed by atoms with Crippen molar-refractivity contribution in [1.82, 2.24) is 0 Å². The van der Waals surface area contributed by atoms with Crippen LogP contribution in [0.5, 0.6) is 0 Å². The molecule has 0 aromatic carbocycles. The highest BCUT2D eigenvalue weighted by Crippen LogP contribution is 2.21. The summed E-state index contributed by atoms with van der Waals surface area (Å²) in [4.78, 5) is 16.9. The summed E-state index contributed by atoms with van der Waals surface area (Å²) in [6, 6.07) is 3.53. The Balaban J connectivity index is 2.07. The maximum atomic E-state index is 11.0. The van der Waals surface area contributed by atoms with Gasteiger partial charge in [0.2, 0.25) is 5.71 Å². The van der Waals surface area contributed by atoms with Gasteiger partial charge < -0.3 is 9.94 Å². The van der Waals surface area contributed by atoms with Crippen LogP contribution in [0.3, 0.4) is 0 Å². The van der Waals surface area contributed by atoms with E-state index in [9.17, 15) is 4.79 Å². The van der Waals surface area contributed by atoms with E-state index in [1.807, 2.05) is 5.38 Å². The zero-order chi connectivity index (χ0) is 11.4. The molecule has 0 saturated heterocycles. The second-order valence-corrected chi connectivity index (χ2v) is 4.68. The smallest absolute Gasteiger partial charge is 0.359 e. The third-order valence-electron chi connectivity index (χ3n) is 2.55. The van der Waals surface area contributed by atoms with Crippen molar-refractivity contribution in [2.45, 2.75) is 31.8 Å². The van der Waals surface area contributed by atoms with Crippen molar-refractivity contribution in [2.75, 3.05) is 0 Å². The van der Waals surface area contributed by atoms with Crippen molar-refractivity contribution in [3.8, 4) is 0 Å². The van der Waals surface area contributed by atoms with Gasteiger partial charge >= 0.3 is 5.97 Å². The lowest BCUT2D eigenvalue weighted by Crippen LogP contribution is -2.15. The Bertz CT molecular complexity index is 380. The van der Waals surface area contributed by atoms with Crippen LogP contribution in [0, 0.1) is 0 Å². The largest absolute Gasteiger partial charge is 0.476 e. The first kappa shape index (κ1) is 11.1. The molecule has 2 rings (SSSR count). The maximum absolute atomic E-state index is 11.0. The lowest BCUT2D eigenvalue weighted by molar-refractivity contribution is -0.129. The third-order valence-corrected chi connectivity index (χ3v) is 3.43. The van der Waals surface area contributed by atoms with Crippen molar-refractivity contribution in [1.29, 1.82) is 0 Å². The average molecular weight is 239 g/mol. The highest BCUT2D eigenvalue weighted by atomic mass is 32.1. The number of hydrogen-bond donors (Lipinski definition) is 1. The van der Waals surface area contributed by atoms with Gasteiger partial charge in [0.1, 0.15) is 6.10 Å². The number of nitrogens with zero attached hydrogens (tertiary/aromatic N) is 1. The molecule has 1 aromatic rings. The standard InChI is InChI=1S/C11H13NO3S/c13-11(14)10(9-6-3-7-16-9)12-15-8-4-1-2-5-8/h3,6-8H,1-2,4-5H2,(H,13,14)/b12-10-. The Morgan fingerprint density at radius 1 is 1.50 bits per heavy atom. The SMILES string of the molecule is O=C(O)/C(=N\OC1CCCC1)c1cccs1. The molecule has 1 heterocycles. The molecule has 0 atom stereocenters. The fourth-order valence-corrected chi connectivity index (χ4v) is 2.42. The molecule has 16 heavy (non-hydrogen) atoms. The molecule has 1 fully saturated rings. The zero-order valence-corrected chi connectivity index (χ0v) is 9.57. The number of carbonyl (C=O) groups is 1. The lowest BCUT2D eigenvalue weighted by atomic mass is 10.3. The number of aliphatic carboxylic acids is 1. The Labute approximate surface area is 97.5 Å². The highest BCUT2D eigenvalue weighted by molar-refractivity contribution is 7.13. The summed E-state index contributed by atoms with van der Waals surface area (Å²) >= 11 is 1.35. The van der Waals surface area contributed by atoms with E-state index in [2.05, 4.69) is 5.16 Å². The summed E-state index contributed by atoms with van der Waals surface area (Å²) < 4.78 is 0. The van der Waals surface area contributed by atoms with E-state index < -0.39 is 5.97 Å². The highest BCUT2D eigenvalue weighted by Gasteiger charge is 2.19. The lowest BCUT2D eigenvalue weighted by Gasteiger charge is -2.06. The van der Waals surface area contributed by atoms with E-state index in [-0.39, 0.29) is 11.8 Å². The zero-order valence-electron chi connectivity index (χ0n) is 8.76. The molecule has 0 spiro atoms. The Kier molecular flexibility index (Phi) is 3.56. The second-order valence-electron chi connectivity index (χ2n) is 3.73. The topological polar surface area (TPSA) is 58.9 Å². The minimum atomic E-state index is -1.04. The summed E-state index contributed by atoms with van der Waals surface area (Å²) in [5.41, 5.74) is 0.00176. The predicted octanol–water partition coefficient (Wildman–Crippen LogP) is 2.50. The third kappa shape index (κ3) is 2.61. The van der Waals surface area contributed by atoms with Crippen LogP contribution in [0.25, 0.3) is 0 Å². The monoisotopic (exact) mass is 239 g/mol. The molecule has 1 N–H and O–H groups in total. The summed E-state index contributed by atoms with van der Waals surface area (Å²) in [6.07, 6.45) is 4.32. The van der Waals surface area contributed by atoms with Crippen LogP contribution in [-0.4, -0.2) is 22.9 Å². The van der Waals surface area contributed by atoms with Crippen molar-refractivity contribution >= 4 is 23.0 Å². The maximum Gasteiger partial charge on any atom is 0.359 e. The molecule has 1 aliphatic rings. The number of carboxylic acids is 1. The van der Waals surface area contributed by atoms with E-state index in [0.29, 0.717) is 4.88 Å². The molecule has 0 bridgehead atoms. The average Bonchev–Trinajstić information content (AvgIpc) is 2.88. The van der Waals surface area contributed by atoms with Crippen molar-refractivity contribution in [3.05, 3.63) is 22.4 Å². The molecule has 0 unspecified atom stereocenters. The molecule has 1 aromatic heterocycles. The minimum absolute atomic E-state index is 0.00176. The molecule has 1 saturated carbocycles. The van der Waals surface area contributed by atoms with Gasteiger partial charge in [-0.05, 0) is 37.1 Å². The molecule has 4 nitrogen and oxygen atoms in total. The predicted molar refractivity (Wildman–Crippen MR) is 61.8 cm³/mol. The van der Waals surface area contributed by atoms with E-state index in [1.165, 1.54) is 11.3 Å². The summed E-state index contributed by atoms with van der Waals surface area (Å²) in [5, 5.41) is 14.6. The van der Waals surface area contributed by atoms with Gasteiger partial charge in [0.25, 0.3) is 0 Å². The van der Waals surface area contributed by atoms with E-state index >= 15 is 0 Å². The van der Waals surface area contributed by atoms with Gasteiger partial charge in [0.15, 0.2) is 0 Å². The van der Waals surface area contributed by atoms with Crippen LogP contribution in [0.2, 0.25) is 0 Å². The second kappa shape index (κ2) is 5.12. The van der Waals surface area contributed by atoms with Gasteiger partial charge in [-0.1, -0.05) is 11.2 Å². The van der Waals surface area contributed by atoms with Crippen molar-refractivity contribution in [2.24, 2.45) is 5.16 Å².